The van der Waals surface area contributed by atoms with Crippen molar-refractivity contribution in [1.82, 2.24) is 9.71 Å². The summed E-state index contributed by atoms with van der Waals surface area (Å²) in [6.45, 7) is 0. The Morgan fingerprint density at radius 3 is 2.45 bits per heavy atom. The Kier molecular flexibility index (Phi) is 5.57. The van der Waals surface area contributed by atoms with E-state index in [0.29, 0.717) is 11.3 Å². The van der Waals surface area contributed by atoms with Crippen molar-refractivity contribution < 1.29 is 13.2 Å². The van der Waals surface area contributed by atoms with Crippen molar-refractivity contribution in [3.8, 4) is 21.0 Å². The molecule has 0 aliphatic rings. The van der Waals surface area contributed by atoms with Crippen molar-refractivity contribution in [2.75, 3.05) is 0 Å². The number of benzene rings is 2. The largest absolute Gasteiger partial charge is 0.274 e. The van der Waals surface area contributed by atoms with Gasteiger partial charge in [-0.15, -0.1) is 22.7 Å². The number of aromatic nitrogens is 1. The van der Waals surface area contributed by atoms with Crippen LogP contribution in [0.2, 0.25) is 0 Å². The van der Waals surface area contributed by atoms with Crippen molar-refractivity contribution >= 4 is 38.6 Å². The molecule has 2 aromatic heterocycles. The average molecular weight is 441 g/mol. The van der Waals surface area contributed by atoms with Gasteiger partial charge in [0.1, 0.15) is 5.01 Å². The predicted octanol–water partition coefficient (Wildman–Crippen LogP) is 4.59. The van der Waals surface area contributed by atoms with Crippen LogP contribution in [0.25, 0.3) is 21.0 Å². The fraction of sp³-hybridized carbons (Fsp3) is 0.0476. The molecular weight excluding hydrogens is 424 g/mol. The third kappa shape index (κ3) is 4.45. The summed E-state index contributed by atoms with van der Waals surface area (Å²) in [5, 5.41) is 4.55. The van der Waals surface area contributed by atoms with E-state index >= 15 is 0 Å². The van der Waals surface area contributed by atoms with E-state index in [1.54, 1.807) is 34.9 Å². The Hall–Kier alpha value is -2.81. The molecule has 0 aliphatic heterocycles. The first kappa shape index (κ1) is 19.5. The maximum Gasteiger partial charge on any atom is 0.264 e. The highest BCUT2D eigenvalue weighted by molar-refractivity contribution is 7.90. The SMILES string of the molecule is O=C(Cc1csc(-c2cccs2)n1)NS(=O)(=O)c1ccccc1-c1ccccc1. The van der Waals surface area contributed by atoms with Gasteiger partial charge in [0.2, 0.25) is 5.91 Å². The Bertz CT molecular complexity index is 1230. The van der Waals surface area contributed by atoms with Crippen molar-refractivity contribution in [1.29, 1.82) is 0 Å². The number of carbonyl (C=O) groups excluding carboxylic acids is 1. The second-order valence-electron chi connectivity index (χ2n) is 6.19. The zero-order chi connectivity index (χ0) is 20.3. The van der Waals surface area contributed by atoms with Gasteiger partial charge in [-0.3, -0.25) is 4.79 Å². The summed E-state index contributed by atoms with van der Waals surface area (Å²) in [6.07, 6.45) is -0.103. The molecule has 0 spiro atoms. The van der Waals surface area contributed by atoms with E-state index in [1.165, 1.54) is 17.4 Å². The summed E-state index contributed by atoms with van der Waals surface area (Å²) in [4.78, 5) is 17.9. The van der Waals surface area contributed by atoms with Crippen molar-refractivity contribution in [2.45, 2.75) is 11.3 Å². The van der Waals surface area contributed by atoms with Crippen LogP contribution in [0.5, 0.6) is 0 Å². The molecule has 1 amide bonds. The smallest absolute Gasteiger partial charge is 0.264 e. The topological polar surface area (TPSA) is 76.1 Å². The van der Waals surface area contributed by atoms with E-state index in [1.807, 2.05) is 47.8 Å². The molecule has 0 bridgehead atoms. The molecule has 8 heteroatoms. The van der Waals surface area contributed by atoms with Gasteiger partial charge >= 0.3 is 0 Å². The third-order valence-electron chi connectivity index (χ3n) is 4.13. The Morgan fingerprint density at radius 1 is 0.931 bits per heavy atom. The van der Waals surface area contributed by atoms with Gasteiger partial charge in [0, 0.05) is 10.9 Å². The van der Waals surface area contributed by atoms with Gasteiger partial charge < -0.3 is 0 Å². The number of nitrogens with zero attached hydrogens (tertiary/aromatic N) is 1. The first-order valence-corrected chi connectivity index (χ1v) is 12.0. The van der Waals surface area contributed by atoms with E-state index in [4.69, 9.17) is 0 Å². The zero-order valence-corrected chi connectivity index (χ0v) is 17.6. The summed E-state index contributed by atoms with van der Waals surface area (Å²) in [5.41, 5.74) is 1.85. The lowest BCUT2D eigenvalue weighted by atomic mass is 10.1. The van der Waals surface area contributed by atoms with Crippen LogP contribution < -0.4 is 4.72 Å². The van der Waals surface area contributed by atoms with Crippen LogP contribution >= 0.6 is 22.7 Å². The number of thiophene rings is 1. The molecule has 0 aliphatic carbocycles. The summed E-state index contributed by atoms with van der Waals surface area (Å²) in [7, 11) is -4.02. The monoisotopic (exact) mass is 440 g/mol. The number of carbonyl (C=O) groups is 1. The van der Waals surface area contributed by atoms with Crippen LogP contribution in [0.4, 0.5) is 0 Å². The molecule has 2 heterocycles. The number of rotatable bonds is 6. The average Bonchev–Trinajstić information content (AvgIpc) is 3.40. The summed E-state index contributed by atoms with van der Waals surface area (Å²) >= 11 is 3.00. The van der Waals surface area contributed by atoms with Crippen LogP contribution in [0.15, 0.2) is 82.4 Å². The molecule has 29 heavy (non-hydrogen) atoms. The summed E-state index contributed by atoms with van der Waals surface area (Å²) in [6, 6.07) is 19.7. The third-order valence-corrected chi connectivity index (χ3v) is 7.50. The van der Waals surface area contributed by atoms with E-state index in [-0.39, 0.29) is 11.3 Å². The van der Waals surface area contributed by atoms with Crippen LogP contribution in [0.1, 0.15) is 5.69 Å². The molecule has 0 saturated heterocycles. The van der Waals surface area contributed by atoms with Crippen LogP contribution in [0, 0.1) is 0 Å². The predicted molar refractivity (Wildman–Crippen MR) is 116 cm³/mol. The van der Waals surface area contributed by atoms with Gasteiger partial charge in [-0.25, -0.2) is 18.1 Å². The minimum Gasteiger partial charge on any atom is -0.274 e. The van der Waals surface area contributed by atoms with E-state index < -0.39 is 15.9 Å². The van der Waals surface area contributed by atoms with Crippen LogP contribution in [0.3, 0.4) is 0 Å². The quantitative estimate of drug-likeness (QED) is 0.476. The molecule has 0 unspecified atom stereocenters. The number of amides is 1. The normalized spacial score (nSPS) is 11.3. The van der Waals surface area contributed by atoms with Crippen molar-refractivity contribution in [3.63, 3.8) is 0 Å². The maximum absolute atomic E-state index is 12.9. The minimum absolute atomic E-state index is 0.0668. The Labute approximate surface area is 176 Å². The molecule has 2 aromatic carbocycles. The van der Waals surface area contributed by atoms with Gasteiger partial charge in [-0.2, -0.15) is 0 Å². The van der Waals surface area contributed by atoms with E-state index in [0.717, 1.165) is 15.4 Å². The highest BCUT2D eigenvalue weighted by Crippen LogP contribution is 2.29. The standard InChI is InChI=1S/C21H16N2O3S3/c24-20(13-16-14-28-21(22-16)18-10-6-12-27-18)23-29(25,26)19-11-5-4-9-17(19)15-7-2-1-3-8-15/h1-12,14H,13H2,(H,23,24). The highest BCUT2D eigenvalue weighted by atomic mass is 32.2. The summed E-state index contributed by atoms with van der Waals surface area (Å²) in [5.74, 6) is -0.615. The molecule has 4 aromatic rings. The van der Waals surface area contributed by atoms with E-state index in [9.17, 15) is 13.2 Å². The highest BCUT2D eigenvalue weighted by Gasteiger charge is 2.22. The number of hydrogen-bond donors (Lipinski definition) is 1. The fourth-order valence-corrected chi connectivity index (χ4v) is 5.71. The van der Waals surface area contributed by atoms with Gasteiger partial charge in [-0.05, 0) is 23.1 Å². The lowest BCUT2D eigenvalue weighted by Crippen LogP contribution is -2.32. The first-order valence-electron chi connectivity index (χ1n) is 8.71. The lowest BCUT2D eigenvalue weighted by molar-refractivity contribution is -0.118. The fourth-order valence-electron chi connectivity index (χ4n) is 2.86. The second kappa shape index (κ2) is 8.28. The molecule has 0 radical (unpaired) electrons. The van der Waals surface area contributed by atoms with Gasteiger partial charge in [-0.1, -0.05) is 54.6 Å². The van der Waals surface area contributed by atoms with E-state index in [2.05, 4.69) is 9.71 Å². The molecule has 1 N–H and O–H groups in total. The van der Waals surface area contributed by atoms with Crippen molar-refractivity contribution in [3.05, 3.63) is 83.2 Å². The van der Waals surface area contributed by atoms with Crippen LogP contribution in [-0.4, -0.2) is 19.3 Å². The maximum atomic E-state index is 12.9. The Balaban J connectivity index is 1.53. The van der Waals surface area contributed by atoms with Crippen molar-refractivity contribution in [2.24, 2.45) is 0 Å². The molecule has 4 rings (SSSR count). The number of nitrogens with one attached hydrogen (secondary N) is 1. The lowest BCUT2D eigenvalue weighted by Gasteiger charge is -2.11. The number of sulfonamides is 1. The van der Waals surface area contributed by atoms with Gasteiger partial charge in [0.15, 0.2) is 0 Å². The molecule has 0 saturated carbocycles. The van der Waals surface area contributed by atoms with Gasteiger partial charge in [0.05, 0.1) is 21.9 Å². The summed E-state index contributed by atoms with van der Waals surface area (Å²) < 4.78 is 27.9. The molecule has 0 fully saturated rings. The van der Waals surface area contributed by atoms with Crippen LogP contribution in [-0.2, 0) is 21.2 Å². The number of hydrogen-bond acceptors (Lipinski definition) is 6. The first-order chi connectivity index (χ1) is 14.0. The molecule has 0 atom stereocenters. The Morgan fingerprint density at radius 2 is 1.69 bits per heavy atom. The molecular formula is C21H16N2O3S3. The van der Waals surface area contributed by atoms with Gasteiger partial charge in [0.25, 0.3) is 10.0 Å². The minimum atomic E-state index is -4.02. The molecule has 5 nitrogen and oxygen atoms in total. The number of thiazole rings is 1. The second-order valence-corrected chi connectivity index (χ2v) is 9.65. The molecule has 146 valence electrons. The zero-order valence-electron chi connectivity index (χ0n) is 15.1.